The molecule has 0 saturated heterocycles. The predicted octanol–water partition coefficient (Wildman–Crippen LogP) is 3.45. The smallest absolute Gasteiger partial charge is 0.337 e. The van der Waals surface area contributed by atoms with E-state index >= 15 is 0 Å². The molecule has 4 rings (SSSR count). The molecular weight excluding hydrogens is 456 g/mol. The number of thioether (sulfide) groups is 1. The minimum atomic E-state index is -0.520. The number of aromatic nitrogens is 3. The Kier molecular flexibility index (Phi) is 7.07. The Morgan fingerprint density at radius 2 is 1.94 bits per heavy atom. The first kappa shape index (κ1) is 23.2. The molecule has 0 aliphatic carbocycles. The molecule has 174 valence electrons. The van der Waals surface area contributed by atoms with Crippen molar-refractivity contribution < 1.29 is 18.8 Å². The molecule has 0 saturated carbocycles. The monoisotopic (exact) mass is 478 g/mol. The number of hydrogen-bond acceptors (Lipinski definition) is 8. The number of methoxy groups -OCH3 is 1. The fourth-order valence-corrected chi connectivity index (χ4v) is 4.20. The maximum Gasteiger partial charge on any atom is 0.337 e. The Morgan fingerprint density at radius 3 is 2.65 bits per heavy atom. The number of aryl methyl sites for hydroxylation is 2. The van der Waals surface area contributed by atoms with Crippen LogP contribution < -0.4 is 10.9 Å². The van der Waals surface area contributed by atoms with E-state index in [2.05, 4.69) is 15.5 Å². The molecule has 1 amide bonds. The molecule has 2 aromatic carbocycles. The maximum absolute atomic E-state index is 13.3. The highest BCUT2D eigenvalue weighted by Crippen LogP contribution is 2.20. The van der Waals surface area contributed by atoms with Crippen LogP contribution in [0.15, 0.2) is 69.1 Å². The van der Waals surface area contributed by atoms with Crippen molar-refractivity contribution >= 4 is 40.4 Å². The summed E-state index contributed by atoms with van der Waals surface area (Å²) in [6.07, 6.45) is 0.617. The molecule has 0 bridgehead atoms. The second kappa shape index (κ2) is 10.3. The van der Waals surface area contributed by atoms with E-state index in [1.807, 2.05) is 30.3 Å². The quantitative estimate of drug-likeness (QED) is 0.233. The number of hydrogen-bond donors (Lipinski definition) is 1. The summed E-state index contributed by atoms with van der Waals surface area (Å²) in [4.78, 5) is 42.3. The van der Waals surface area contributed by atoms with E-state index in [9.17, 15) is 14.4 Å². The van der Waals surface area contributed by atoms with E-state index in [0.29, 0.717) is 46.2 Å². The van der Waals surface area contributed by atoms with Gasteiger partial charge in [0.15, 0.2) is 11.0 Å². The lowest BCUT2D eigenvalue weighted by molar-refractivity contribution is -0.113. The standard InChI is InChI=1S/C24H22N4O5S/c1-15-12-20(27-33-15)26-21(29)14-34-24-25-19-13-17(23(31)32-2)8-9-18(19)22(30)28(24)11-10-16-6-4-3-5-7-16/h3-9,12-13H,10-11,14H2,1-2H3,(H,26,27,29). The highest BCUT2D eigenvalue weighted by atomic mass is 32.2. The number of benzene rings is 2. The average Bonchev–Trinajstić information content (AvgIpc) is 3.26. The van der Waals surface area contributed by atoms with Crippen molar-refractivity contribution in [2.45, 2.75) is 25.0 Å². The van der Waals surface area contributed by atoms with Gasteiger partial charge in [0.05, 0.1) is 29.3 Å². The molecule has 2 aromatic heterocycles. The topological polar surface area (TPSA) is 116 Å². The average molecular weight is 479 g/mol. The van der Waals surface area contributed by atoms with Crippen molar-refractivity contribution in [1.29, 1.82) is 0 Å². The van der Waals surface area contributed by atoms with Crippen LogP contribution >= 0.6 is 11.8 Å². The molecule has 0 radical (unpaired) electrons. The molecule has 4 aromatic rings. The number of carbonyl (C=O) groups is 2. The van der Waals surface area contributed by atoms with Gasteiger partial charge in [-0.25, -0.2) is 9.78 Å². The van der Waals surface area contributed by atoms with Crippen LogP contribution in [0, 0.1) is 6.92 Å². The Hall–Kier alpha value is -3.92. The second-order valence-corrected chi connectivity index (χ2v) is 8.41. The lowest BCUT2D eigenvalue weighted by atomic mass is 10.1. The predicted molar refractivity (Wildman–Crippen MR) is 128 cm³/mol. The Balaban J connectivity index is 1.64. The van der Waals surface area contributed by atoms with E-state index in [1.165, 1.54) is 13.2 Å². The summed E-state index contributed by atoms with van der Waals surface area (Å²) in [6, 6.07) is 16.0. The fraction of sp³-hybridized carbons (Fsp3) is 0.208. The molecule has 1 N–H and O–H groups in total. The third kappa shape index (κ3) is 5.34. The van der Waals surface area contributed by atoms with Crippen LogP contribution in [0.2, 0.25) is 0 Å². The fourth-order valence-electron chi connectivity index (χ4n) is 3.37. The minimum absolute atomic E-state index is 0.00584. The Morgan fingerprint density at radius 1 is 1.15 bits per heavy atom. The minimum Gasteiger partial charge on any atom is -0.465 e. The van der Waals surface area contributed by atoms with Crippen molar-refractivity contribution in [1.82, 2.24) is 14.7 Å². The number of amides is 1. The van der Waals surface area contributed by atoms with Crippen molar-refractivity contribution in [2.24, 2.45) is 0 Å². The summed E-state index contributed by atoms with van der Waals surface area (Å²) < 4.78 is 11.3. The van der Waals surface area contributed by atoms with Crippen molar-refractivity contribution in [3.8, 4) is 0 Å². The zero-order valence-electron chi connectivity index (χ0n) is 18.6. The normalized spacial score (nSPS) is 10.9. The SMILES string of the molecule is COC(=O)c1ccc2c(=O)n(CCc3ccccc3)c(SCC(=O)Nc3cc(C)on3)nc2c1. The number of nitrogens with zero attached hydrogens (tertiary/aromatic N) is 3. The largest absolute Gasteiger partial charge is 0.465 e. The Labute approximate surface area is 199 Å². The lowest BCUT2D eigenvalue weighted by Gasteiger charge is -2.13. The zero-order chi connectivity index (χ0) is 24.1. The number of anilines is 1. The van der Waals surface area contributed by atoms with Gasteiger partial charge in [-0.05, 0) is 37.1 Å². The molecule has 0 unspecified atom stereocenters. The molecule has 0 aliphatic heterocycles. The summed E-state index contributed by atoms with van der Waals surface area (Å²) in [7, 11) is 1.29. The summed E-state index contributed by atoms with van der Waals surface area (Å²) in [5, 5.41) is 7.16. The molecule has 0 aliphatic rings. The van der Waals surface area contributed by atoms with E-state index in [0.717, 1.165) is 17.3 Å². The first-order chi connectivity index (χ1) is 16.4. The van der Waals surface area contributed by atoms with Crippen LogP contribution in [-0.4, -0.2) is 39.4 Å². The van der Waals surface area contributed by atoms with Gasteiger partial charge in [-0.3, -0.25) is 14.2 Å². The van der Waals surface area contributed by atoms with Gasteiger partial charge < -0.3 is 14.6 Å². The molecule has 10 heteroatoms. The van der Waals surface area contributed by atoms with Crippen LogP contribution in [0.3, 0.4) is 0 Å². The molecular formula is C24H22N4O5S. The van der Waals surface area contributed by atoms with Crippen LogP contribution in [0.4, 0.5) is 5.82 Å². The highest BCUT2D eigenvalue weighted by molar-refractivity contribution is 7.99. The summed E-state index contributed by atoms with van der Waals surface area (Å²) in [6.45, 7) is 2.11. The van der Waals surface area contributed by atoms with E-state index in [1.54, 1.807) is 29.7 Å². The van der Waals surface area contributed by atoms with E-state index in [-0.39, 0.29) is 17.2 Å². The van der Waals surface area contributed by atoms with Crippen LogP contribution in [0.5, 0.6) is 0 Å². The van der Waals surface area contributed by atoms with Gasteiger partial charge in [-0.1, -0.05) is 47.3 Å². The molecule has 0 atom stereocenters. The van der Waals surface area contributed by atoms with Gasteiger partial charge >= 0.3 is 5.97 Å². The molecule has 0 spiro atoms. The van der Waals surface area contributed by atoms with Crippen molar-refractivity contribution in [3.63, 3.8) is 0 Å². The molecule has 9 nitrogen and oxygen atoms in total. The van der Waals surface area contributed by atoms with Gasteiger partial charge in [-0.15, -0.1) is 0 Å². The summed E-state index contributed by atoms with van der Waals surface area (Å²) in [5.74, 6) is 0.0689. The number of esters is 1. The molecule has 0 fully saturated rings. The zero-order valence-corrected chi connectivity index (χ0v) is 19.4. The maximum atomic E-state index is 13.3. The third-order valence-corrected chi connectivity index (χ3v) is 6.01. The van der Waals surface area contributed by atoms with Gasteiger partial charge in [-0.2, -0.15) is 0 Å². The number of ether oxygens (including phenoxy) is 1. The first-order valence-electron chi connectivity index (χ1n) is 10.5. The molecule has 2 heterocycles. The highest BCUT2D eigenvalue weighted by Gasteiger charge is 2.16. The van der Waals surface area contributed by atoms with Crippen LogP contribution in [0.1, 0.15) is 21.7 Å². The van der Waals surface area contributed by atoms with Gasteiger partial charge in [0, 0.05) is 12.6 Å². The van der Waals surface area contributed by atoms with Crippen molar-refractivity contribution in [2.75, 3.05) is 18.2 Å². The third-order valence-electron chi connectivity index (χ3n) is 5.04. The van der Waals surface area contributed by atoms with E-state index in [4.69, 9.17) is 9.26 Å². The molecule has 34 heavy (non-hydrogen) atoms. The Bertz CT molecular complexity index is 1400. The lowest BCUT2D eigenvalue weighted by Crippen LogP contribution is -2.25. The van der Waals surface area contributed by atoms with Crippen LogP contribution in [0.25, 0.3) is 10.9 Å². The van der Waals surface area contributed by atoms with Crippen molar-refractivity contribution in [3.05, 3.63) is 81.8 Å². The second-order valence-electron chi connectivity index (χ2n) is 7.47. The number of fused-ring (bicyclic) bond motifs is 1. The number of nitrogens with one attached hydrogen (secondary N) is 1. The van der Waals surface area contributed by atoms with Gasteiger partial charge in [0.25, 0.3) is 5.56 Å². The van der Waals surface area contributed by atoms with Gasteiger partial charge in [0.2, 0.25) is 5.91 Å². The summed E-state index contributed by atoms with van der Waals surface area (Å²) >= 11 is 1.13. The van der Waals surface area contributed by atoms with Crippen LogP contribution in [-0.2, 0) is 22.5 Å². The van der Waals surface area contributed by atoms with E-state index < -0.39 is 5.97 Å². The number of carbonyl (C=O) groups excluding carboxylic acids is 2. The summed E-state index contributed by atoms with van der Waals surface area (Å²) in [5.41, 5.74) is 1.48. The first-order valence-corrected chi connectivity index (χ1v) is 11.5. The van der Waals surface area contributed by atoms with Gasteiger partial charge in [0.1, 0.15) is 5.76 Å². The number of rotatable bonds is 8.